The molecule has 0 aliphatic heterocycles. The summed E-state index contributed by atoms with van der Waals surface area (Å²) < 4.78 is 26.5. The summed E-state index contributed by atoms with van der Waals surface area (Å²) in [6.45, 7) is 4.25. The number of rotatable bonds is 9. The quantitative estimate of drug-likeness (QED) is 0.584. The number of nitrogens with one attached hydrogen (secondary N) is 1. The van der Waals surface area contributed by atoms with Crippen molar-refractivity contribution in [2.45, 2.75) is 18.7 Å². The van der Waals surface area contributed by atoms with E-state index in [0.717, 1.165) is 0 Å². The van der Waals surface area contributed by atoms with Crippen molar-refractivity contribution in [3.63, 3.8) is 0 Å². The molecule has 2 rings (SSSR count). The van der Waals surface area contributed by atoms with Crippen LogP contribution >= 0.6 is 0 Å². The molecule has 0 saturated heterocycles. The summed E-state index contributed by atoms with van der Waals surface area (Å²) in [5.74, 6) is 0.557. The van der Waals surface area contributed by atoms with Crippen LogP contribution in [0.25, 0.3) is 0 Å². The smallest absolute Gasteiger partial charge is 0.243 e. The fourth-order valence-corrected chi connectivity index (χ4v) is 4.13. The molecule has 0 unspecified atom stereocenters. The highest BCUT2D eigenvalue weighted by atomic mass is 32.2. The van der Waals surface area contributed by atoms with Crippen LogP contribution in [0.2, 0.25) is 0 Å². The van der Waals surface area contributed by atoms with Crippen molar-refractivity contribution in [1.82, 2.24) is 14.3 Å². The molecule has 2 aromatic rings. The lowest BCUT2D eigenvalue weighted by atomic mass is 10.3. The largest absolute Gasteiger partial charge is 0.393 e. The molecule has 0 atom stereocenters. The molecule has 0 aliphatic rings. The van der Waals surface area contributed by atoms with Crippen molar-refractivity contribution in [3.8, 4) is 12.1 Å². The zero-order chi connectivity index (χ0) is 21.4. The molecule has 1 aromatic carbocycles. The second-order valence-corrected chi connectivity index (χ2v) is 7.81. The van der Waals surface area contributed by atoms with E-state index in [1.54, 1.807) is 26.0 Å². The summed E-state index contributed by atoms with van der Waals surface area (Å²) >= 11 is 0. The minimum absolute atomic E-state index is 0.0495. The third kappa shape index (κ3) is 4.90. The summed E-state index contributed by atoms with van der Waals surface area (Å²) in [5, 5.41) is 20.9. The van der Waals surface area contributed by atoms with Gasteiger partial charge < -0.3 is 16.0 Å². The van der Waals surface area contributed by atoms with Crippen LogP contribution in [0.15, 0.2) is 35.5 Å². The molecule has 10 nitrogen and oxygen atoms in total. The molecule has 11 heteroatoms. The van der Waals surface area contributed by atoms with Crippen molar-refractivity contribution in [1.29, 1.82) is 10.5 Å². The first-order valence-electron chi connectivity index (χ1n) is 8.85. The van der Waals surface area contributed by atoms with Gasteiger partial charge in [-0.05, 0) is 24.3 Å². The minimum atomic E-state index is -3.54. The van der Waals surface area contributed by atoms with Crippen LogP contribution in [0.1, 0.15) is 13.8 Å². The van der Waals surface area contributed by atoms with Gasteiger partial charge in [0.15, 0.2) is 11.6 Å². The Balaban J connectivity index is 2.28. The Morgan fingerprint density at radius 1 is 1.07 bits per heavy atom. The first-order chi connectivity index (χ1) is 13.9. The van der Waals surface area contributed by atoms with Crippen LogP contribution in [-0.4, -0.2) is 48.9 Å². The van der Waals surface area contributed by atoms with Gasteiger partial charge in [0, 0.05) is 18.8 Å². The Morgan fingerprint density at radius 2 is 1.66 bits per heavy atom. The van der Waals surface area contributed by atoms with Gasteiger partial charge in [0.2, 0.25) is 10.0 Å². The normalized spacial score (nSPS) is 10.9. The maximum Gasteiger partial charge on any atom is 0.243 e. The number of nitrogens with two attached hydrogens (primary N) is 1. The Labute approximate surface area is 170 Å². The number of aromatic nitrogens is 2. The topological polar surface area (TPSA) is 152 Å². The van der Waals surface area contributed by atoms with Crippen LogP contribution in [0, 0.1) is 22.7 Å². The van der Waals surface area contributed by atoms with Gasteiger partial charge in [-0.3, -0.25) is 0 Å². The lowest BCUT2D eigenvalue weighted by Gasteiger charge is -2.20. The van der Waals surface area contributed by atoms with E-state index in [-0.39, 0.29) is 35.3 Å². The highest BCUT2D eigenvalue weighted by molar-refractivity contribution is 7.89. The molecule has 0 bridgehead atoms. The predicted molar refractivity (Wildman–Crippen MR) is 110 cm³/mol. The maximum atomic E-state index is 12.6. The van der Waals surface area contributed by atoms with E-state index < -0.39 is 10.0 Å². The number of benzene rings is 1. The third-order valence-electron chi connectivity index (χ3n) is 4.15. The van der Waals surface area contributed by atoms with Gasteiger partial charge in [0.05, 0.1) is 17.0 Å². The van der Waals surface area contributed by atoms with Crippen LogP contribution in [0.3, 0.4) is 0 Å². The summed E-state index contributed by atoms with van der Waals surface area (Å²) in [7, 11) is -3.54. The standard InChI is InChI=1S/C18H22N8O2S/c1-3-26(4-2)29(27,28)15-7-5-14(6-8-15)24-17-16(21)18(23-13-22-17)25(11-9-19)12-10-20/h5-8,13H,3-4,11-12,21H2,1-2H3,(H,22,23,24). The lowest BCUT2D eigenvalue weighted by Crippen LogP contribution is -2.30. The van der Waals surface area contributed by atoms with Crippen LogP contribution < -0.4 is 16.0 Å². The molecular weight excluding hydrogens is 392 g/mol. The van der Waals surface area contributed by atoms with E-state index in [0.29, 0.717) is 18.8 Å². The van der Waals surface area contributed by atoms with Gasteiger partial charge in [-0.15, -0.1) is 0 Å². The van der Waals surface area contributed by atoms with Gasteiger partial charge in [-0.1, -0.05) is 13.8 Å². The number of nitrogen functional groups attached to an aromatic ring is 1. The van der Waals surface area contributed by atoms with E-state index in [1.807, 2.05) is 12.1 Å². The molecule has 1 aromatic heterocycles. The van der Waals surface area contributed by atoms with E-state index in [2.05, 4.69) is 15.3 Å². The number of sulfonamides is 1. The molecule has 0 radical (unpaired) electrons. The fourth-order valence-electron chi connectivity index (χ4n) is 2.67. The average Bonchev–Trinajstić information content (AvgIpc) is 2.70. The maximum absolute atomic E-state index is 12.6. The van der Waals surface area contributed by atoms with Crippen molar-refractivity contribution in [3.05, 3.63) is 30.6 Å². The van der Waals surface area contributed by atoms with E-state index in [9.17, 15) is 8.42 Å². The van der Waals surface area contributed by atoms with Gasteiger partial charge in [0.1, 0.15) is 25.1 Å². The highest BCUT2D eigenvalue weighted by Gasteiger charge is 2.21. The molecule has 0 amide bonds. The summed E-state index contributed by atoms with van der Waals surface area (Å²) in [6, 6.07) is 10.2. The molecule has 0 spiro atoms. The predicted octanol–water partition coefficient (Wildman–Crippen LogP) is 1.69. The first-order valence-corrected chi connectivity index (χ1v) is 10.3. The first kappa shape index (κ1) is 21.9. The van der Waals surface area contributed by atoms with E-state index in [1.165, 1.54) is 27.7 Å². The molecule has 0 saturated carbocycles. The van der Waals surface area contributed by atoms with Gasteiger partial charge in [-0.2, -0.15) is 14.8 Å². The molecule has 3 N–H and O–H groups in total. The molecule has 0 fully saturated rings. The summed E-state index contributed by atoms with van der Waals surface area (Å²) in [5.41, 5.74) is 6.87. The lowest BCUT2D eigenvalue weighted by molar-refractivity contribution is 0.445. The van der Waals surface area contributed by atoms with E-state index >= 15 is 0 Å². The average molecular weight is 414 g/mol. The number of hydrogen-bond acceptors (Lipinski definition) is 9. The molecular formula is C18H22N8O2S. The van der Waals surface area contributed by atoms with E-state index in [4.69, 9.17) is 16.3 Å². The monoisotopic (exact) mass is 414 g/mol. The fraction of sp³-hybridized carbons (Fsp3) is 0.333. The Kier molecular flexibility index (Phi) is 7.31. The Morgan fingerprint density at radius 3 is 2.17 bits per heavy atom. The second-order valence-electron chi connectivity index (χ2n) is 5.87. The molecule has 0 aliphatic carbocycles. The third-order valence-corrected chi connectivity index (χ3v) is 6.21. The van der Waals surface area contributed by atoms with Crippen molar-refractivity contribution >= 4 is 33.0 Å². The van der Waals surface area contributed by atoms with Gasteiger partial charge in [-0.25, -0.2) is 18.4 Å². The number of hydrogen-bond donors (Lipinski definition) is 2. The van der Waals surface area contributed by atoms with Crippen molar-refractivity contribution < 1.29 is 8.42 Å². The molecule has 152 valence electrons. The van der Waals surface area contributed by atoms with Crippen LogP contribution in [0.4, 0.5) is 23.0 Å². The Bertz CT molecular complexity index is 1010. The SMILES string of the molecule is CCN(CC)S(=O)(=O)c1ccc(Nc2ncnc(N(CC#N)CC#N)c2N)cc1. The zero-order valence-corrected chi connectivity index (χ0v) is 17.0. The molecule has 29 heavy (non-hydrogen) atoms. The highest BCUT2D eigenvalue weighted by Crippen LogP contribution is 2.29. The minimum Gasteiger partial charge on any atom is -0.393 e. The van der Waals surface area contributed by atoms with Crippen LogP contribution in [0.5, 0.6) is 0 Å². The summed E-state index contributed by atoms with van der Waals surface area (Å²) in [4.78, 5) is 9.79. The van der Waals surface area contributed by atoms with Crippen molar-refractivity contribution in [2.75, 3.05) is 42.1 Å². The second kappa shape index (κ2) is 9.68. The summed E-state index contributed by atoms with van der Waals surface area (Å²) in [6.07, 6.45) is 1.27. The molecule has 1 heterocycles. The Hall–Kier alpha value is -3.41. The number of nitrogens with zero attached hydrogens (tertiary/aromatic N) is 6. The number of anilines is 4. The van der Waals surface area contributed by atoms with Gasteiger partial charge >= 0.3 is 0 Å². The van der Waals surface area contributed by atoms with Gasteiger partial charge in [0.25, 0.3) is 0 Å². The van der Waals surface area contributed by atoms with Crippen LogP contribution in [-0.2, 0) is 10.0 Å². The zero-order valence-electron chi connectivity index (χ0n) is 16.2. The van der Waals surface area contributed by atoms with Crippen molar-refractivity contribution in [2.24, 2.45) is 0 Å². The number of nitriles is 2.